The van der Waals surface area contributed by atoms with Gasteiger partial charge in [0.2, 0.25) is 10.0 Å². The molecule has 0 spiro atoms. The first-order valence-electron chi connectivity index (χ1n) is 8.77. The Morgan fingerprint density at radius 1 is 1.04 bits per heavy atom. The number of amides is 1. The van der Waals surface area contributed by atoms with E-state index in [0.717, 1.165) is 19.3 Å². The van der Waals surface area contributed by atoms with Crippen molar-refractivity contribution in [3.63, 3.8) is 0 Å². The van der Waals surface area contributed by atoms with Gasteiger partial charge in [-0.2, -0.15) is 4.31 Å². The minimum Gasteiger partial charge on any atom is -0.496 e. The summed E-state index contributed by atoms with van der Waals surface area (Å²) in [4.78, 5) is 12.8. The normalized spacial score (nSPS) is 15.2. The Balaban J connectivity index is 1.93. The molecule has 0 aromatic heterocycles. The molecule has 2 aromatic rings. The smallest absolute Gasteiger partial charge is 0.259 e. The summed E-state index contributed by atoms with van der Waals surface area (Å²) in [6, 6.07) is 8.92. The van der Waals surface area contributed by atoms with E-state index < -0.39 is 15.9 Å². The largest absolute Gasteiger partial charge is 0.496 e. The summed E-state index contributed by atoms with van der Waals surface area (Å²) >= 11 is 11.9. The van der Waals surface area contributed by atoms with Crippen LogP contribution in [0.15, 0.2) is 41.3 Å². The molecule has 3 rings (SSSR count). The van der Waals surface area contributed by atoms with E-state index in [-0.39, 0.29) is 16.2 Å². The number of hydrogen-bond acceptors (Lipinski definition) is 4. The lowest BCUT2D eigenvalue weighted by Crippen LogP contribution is -2.35. The zero-order valence-electron chi connectivity index (χ0n) is 15.2. The highest BCUT2D eigenvalue weighted by Gasteiger charge is 2.27. The molecule has 0 bridgehead atoms. The molecule has 1 heterocycles. The van der Waals surface area contributed by atoms with Crippen LogP contribution in [0.3, 0.4) is 0 Å². The predicted octanol–water partition coefficient (Wildman–Crippen LogP) is 4.43. The number of halogens is 2. The Morgan fingerprint density at radius 2 is 1.68 bits per heavy atom. The maximum atomic E-state index is 12.9. The number of benzene rings is 2. The molecule has 9 heteroatoms. The average molecular weight is 443 g/mol. The third kappa shape index (κ3) is 4.60. The highest BCUT2D eigenvalue weighted by Crippen LogP contribution is 2.28. The Bertz CT molecular complexity index is 969. The number of ether oxygens (including phenoxy) is 1. The van der Waals surface area contributed by atoms with Gasteiger partial charge in [-0.1, -0.05) is 29.6 Å². The number of piperidine rings is 1. The van der Waals surface area contributed by atoms with Crippen molar-refractivity contribution in [2.75, 3.05) is 25.5 Å². The molecule has 28 heavy (non-hydrogen) atoms. The Hall–Kier alpha value is -1.80. The predicted molar refractivity (Wildman–Crippen MR) is 110 cm³/mol. The molecule has 1 aliphatic heterocycles. The van der Waals surface area contributed by atoms with Crippen LogP contribution in [0, 0.1) is 0 Å². The van der Waals surface area contributed by atoms with Gasteiger partial charge in [0.1, 0.15) is 5.75 Å². The number of sulfonamides is 1. The maximum absolute atomic E-state index is 12.9. The van der Waals surface area contributed by atoms with Crippen LogP contribution in [0.4, 0.5) is 5.69 Å². The number of carbonyl (C=O) groups is 1. The van der Waals surface area contributed by atoms with Crippen molar-refractivity contribution in [1.29, 1.82) is 0 Å². The molecular formula is C19H20Cl2N2O4S. The van der Waals surface area contributed by atoms with E-state index >= 15 is 0 Å². The van der Waals surface area contributed by atoms with Gasteiger partial charge >= 0.3 is 0 Å². The summed E-state index contributed by atoms with van der Waals surface area (Å²) < 4.78 is 32.6. The molecule has 0 atom stereocenters. The molecule has 1 aliphatic rings. The Labute approximate surface area is 174 Å². The highest BCUT2D eigenvalue weighted by molar-refractivity contribution is 7.89. The molecule has 6 nitrogen and oxygen atoms in total. The summed E-state index contributed by atoms with van der Waals surface area (Å²) in [6.07, 6.45) is 2.68. The van der Waals surface area contributed by atoms with Gasteiger partial charge in [-0.3, -0.25) is 4.79 Å². The van der Waals surface area contributed by atoms with E-state index in [9.17, 15) is 13.2 Å². The summed E-state index contributed by atoms with van der Waals surface area (Å²) in [6.45, 7) is 0.966. The van der Waals surface area contributed by atoms with E-state index in [1.54, 1.807) is 18.2 Å². The van der Waals surface area contributed by atoms with E-state index in [1.165, 1.54) is 29.6 Å². The molecule has 1 N–H and O–H groups in total. The van der Waals surface area contributed by atoms with Crippen molar-refractivity contribution in [1.82, 2.24) is 4.31 Å². The van der Waals surface area contributed by atoms with Crippen LogP contribution in [-0.4, -0.2) is 38.8 Å². The molecule has 1 amide bonds. The first-order valence-corrected chi connectivity index (χ1v) is 11.0. The second-order valence-corrected chi connectivity index (χ2v) is 9.25. The lowest BCUT2D eigenvalue weighted by atomic mass is 10.2. The molecule has 150 valence electrons. The standard InChI is InChI=1S/C19H20Cl2N2O4S/c1-27-18-6-5-16(28(25,26)23-7-3-2-4-8-23)12-17(18)19(24)22-15-10-13(20)9-14(21)11-15/h5-6,9-12H,2-4,7-8H2,1H3,(H,22,24). The number of nitrogens with one attached hydrogen (secondary N) is 1. The first kappa shape index (κ1) is 20.9. The summed E-state index contributed by atoms with van der Waals surface area (Å²) in [5.41, 5.74) is 0.505. The van der Waals surface area contributed by atoms with Crippen LogP contribution in [-0.2, 0) is 10.0 Å². The van der Waals surface area contributed by atoms with Crippen molar-refractivity contribution >= 4 is 44.8 Å². The lowest BCUT2D eigenvalue weighted by Gasteiger charge is -2.26. The maximum Gasteiger partial charge on any atom is 0.259 e. The first-order chi connectivity index (χ1) is 13.3. The number of nitrogens with zero attached hydrogens (tertiary/aromatic N) is 1. The number of rotatable bonds is 5. The van der Waals surface area contributed by atoms with Crippen LogP contribution < -0.4 is 10.1 Å². The van der Waals surface area contributed by atoms with Gasteiger partial charge in [0.15, 0.2) is 0 Å². The monoisotopic (exact) mass is 442 g/mol. The van der Waals surface area contributed by atoms with Gasteiger partial charge in [-0.15, -0.1) is 0 Å². The minimum atomic E-state index is -3.67. The van der Waals surface area contributed by atoms with Gasteiger partial charge in [-0.25, -0.2) is 8.42 Å². The van der Waals surface area contributed by atoms with Crippen molar-refractivity contribution in [2.45, 2.75) is 24.2 Å². The lowest BCUT2D eigenvalue weighted by molar-refractivity contribution is 0.102. The Kier molecular flexibility index (Phi) is 6.50. The topological polar surface area (TPSA) is 75.7 Å². The SMILES string of the molecule is COc1ccc(S(=O)(=O)N2CCCCC2)cc1C(=O)Nc1cc(Cl)cc(Cl)c1. The van der Waals surface area contributed by atoms with Gasteiger partial charge in [0.05, 0.1) is 17.6 Å². The molecule has 0 unspecified atom stereocenters. The highest BCUT2D eigenvalue weighted by atomic mass is 35.5. The van der Waals surface area contributed by atoms with E-state index in [1.807, 2.05) is 0 Å². The minimum absolute atomic E-state index is 0.0597. The van der Waals surface area contributed by atoms with Crippen molar-refractivity contribution < 1.29 is 17.9 Å². The van der Waals surface area contributed by atoms with Crippen LogP contribution >= 0.6 is 23.2 Å². The fraction of sp³-hybridized carbons (Fsp3) is 0.316. The molecule has 0 saturated carbocycles. The average Bonchev–Trinajstić information content (AvgIpc) is 2.67. The zero-order valence-corrected chi connectivity index (χ0v) is 17.6. The van der Waals surface area contributed by atoms with Crippen molar-refractivity contribution in [2.24, 2.45) is 0 Å². The third-order valence-corrected chi connectivity index (χ3v) is 6.82. The number of anilines is 1. The second-order valence-electron chi connectivity index (χ2n) is 6.44. The van der Waals surface area contributed by atoms with Gasteiger partial charge in [-0.05, 0) is 49.2 Å². The molecular weight excluding hydrogens is 423 g/mol. The van der Waals surface area contributed by atoms with E-state index in [4.69, 9.17) is 27.9 Å². The number of carbonyl (C=O) groups excluding carboxylic acids is 1. The summed E-state index contributed by atoms with van der Waals surface area (Å²) in [7, 11) is -2.26. The van der Waals surface area contributed by atoms with Crippen LogP contribution in [0.2, 0.25) is 10.0 Å². The second kappa shape index (κ2) is 8.69. The van der Waals surface area contributed by atoms with Crippen molar-refractivity contribution in [3.05, 3.63) is 52.0 Å². The zero-order chi connectivity index (χ0) is 20.3. The molecule has 2 aromatic carbocycles. The van der Waals surface area contributed by atoms with Crippen LogP contribution in [0.25, 0.3) is 0 Å². The van der Waals surface area contributed by atoms with Gasteiger partial charge < -0.3 is 10.1 Å². The van der Waals surface area contributed by atoms with Gasteiger partial charge in [0, 0.05) is 28.8 Å². The molecule has 0 aliphatic carbocycles. The van der Waals surface area contributed by atoms with E-state index in [2.05, 4.69) is 5.32 Å². The van der Waals surface area contributed by atoms with E-state index in [0.29, 0.717) is 28.8 Å². The summed E-state index contributed by atoms with van der Waals surface area (Å²) in [5.74, 6) is -0.255. The third-order valence-electron chi connectivity index (χ3n) is 4.49. The van der Waals surface area contributed by atoms with Crippen molar-refractivity contribution in [3.8, 4) is 5.75 Å². The number of hydrogen-bond donors (Lipinski definition) is 1. The Morgan fingerprint density at radius 3 is 2.29 bits per heavy atom. The molecule has 0 radical (unpaired) electrons. The quantitative estimate of drug-likeness (QED) is 0.742. The van der Waals surface area contributed by atoms with Crippen LogP contribution in [0.1, 0.15) is 29.6 Å². The summed E-state index contributed by atoms with van der Waals surface area (Å²) in [5, 5.41) is 3.42. The van der Waals surface area contributed by atoms with Gasteiger partial charge in [0.25, 0.3) is 5.91 Å². The van der Waals surface area contributed by atoms with Crippen LogP contribution in [0.5, 0.6) is 5.75 Å². The fourth-order valence-electron chi connectivity index (χ4n) is 3.10. The number of methoxy groups -OCH3 is 1. The molecule has 1 fully saturated rings. The fourth-order valence-corrected chi connectivity index (χ4v) is 5.17. The molecule has 1 saturated heterocycles.